The van der Waals surface area contributed by atoms with Crippen molar-refractivity contribution in [3.05, 3.63) is 28.2 Å². The van der Waals surface area contributed by atoms with Gasteiger partial charge < -0.3 is 10.4 Å². The van der Waals surface area contributed by atoms with Gasteiger partial charge in [-0.1, -0.05) is 15.9 Å². The molecule has 2 rings (SSSR count). The molecular formula is C9H11BrClNO. The molecule has 0 aromatic heterocycles. The average molecular weight is 265 g/mol. The summed E-state index contributed by atoms with van der Waals surface area (Å²) in [5.74, 6) is 0.335. The molecule has 0 unspecified atom stereocenters. The molecule has 0 saturated carbocycles. The van der Waals surface area contributed by atoms with Crippen LogP contribution in [0, 0.1) is 0 Å². The maximum atomic E-state index is 9.26. The molecule has 1 aliphatic heterocycles. The first-order valence-electron chi connectivity index (χ1n) is 3.99. The second kappa shape index (κ2) is 4.31. The van der Waals surface area contributed by atoms with Crippen molar-refractivity contribution in [1.82, 2.24) is 5.32 Å². The van der Waals surface area contributed by atoms with Crippen molar-refractivity contribution in [2.75, 3.05) is 6.54 Å². The van der Waals surface area contributed by atoms with Gasteiger partial charge in [0.15, 0.2) is 0 Å². The van der Waals surface area contributed by atoms with E-state index in [9.17, 15) is 5.11 Å². The van der Waals surface area contributed by atoms with E-state index >= 15 is 0 Å². The minimum Gasteiger partial charge on any atom is -0.508 e. The second-order valence-electron chi connectivity index (χ2n) is 3.00. The number of phenols is 1. The van der Waals surface area contributed by atoms with Crippen LogP contribution in [0.25, 0.3) is 0 Å². The standard InChI is InChI=1S/C9H10BrNO.ClH/c10-8-2-1-6(12)5-7(8)9-3-4-11-9;/h1-2,5,9,11-12H,3-4H2;1H/t9-;/m0./s1. The Morgan fingerprint density at radius 3 is 2.69 bits per heavy atom. The normalized spacial score (nSPS) is 20.2. The van der Waals surface area contributed by atoms with Gasteiger partial charge in [-0.25, -0.2) is 0 Å². The Labute approximate surface area is 91.9 Å². The molecule has 13 heavy (non-hydrogen) atoms. The summed E-state index contributed by atoms with van der Waals surface area (Å²) in [4.78, 5) is 0. The van der Waals surface area contributed by atoms with E-state index in [1.807, 2.05) is 6.07 Å². The summed E-state index contributed by atoms with van der Waals surface area (Å²) in [7, 11) is 0. The lowest BCUT2D eigenvalue weighted by Crippen LogP contribution is -2.35. The van der Waals surface area contributed by atoms with Gasteiger partial charge in [0, 0.05) is 10.5 Å². The first-order valence-corrected chi connectivity index (χ1v) is 4.78. The van der Waals surface area contributed by atoms with Gasteiger partial charge in [-0.15, -0.1) is 12.4 Å². The Balaban J connectivity index is 0.000000845. The number of halogens is 2. The van der Waals surface area contributed by atoms with Crippen LogP contribution < -0.4 is 5.32 Å². The van der Waals surface area contributed by atoms with E-state index in [1.54, 1.807) is 12.1 Å². The summed E-state index contributed by atoms with van der Waals surface area (Å²) in [5, 5.41) is 12.5. The Bertz CT molecular complexity index is 302. The first kappa shape index (κ1) is 10.8. The molecule has 1 heterocycles. The predicted molar refractivity (Wildman–Crippen MR) is 58.4 cm³/mol. The van der Waals surface area contributed by atoms with E-state index in [0.717, 1.165) is 23.0 Å². The number of hydrogen-bond acceptors (Lipinski definition) is 2. The molecule has 0 amide bonds. The number of hydrogen-bond donors (Lipinski definition) is 2. The molecule has 4 heteroatoms. The quantitative estimate of drug-likeness (QED) is 0.817. The van der Waals surface area contributed by atoms with Crippen LogP contribution >= 0.6 is 28.3 Å². The van der Waals surface area contributed by atoms with Crippen LogP contribution in [0.15, 0.2) is 22.7 Å². The third-order valence-corrected chi connectivity index (χ3v) is 2.90. The van der Waals surface area contributed by atoms with Gasteiger partial charge in [-0.2, -0.15) is 0 Å². The zero-order valence-electron chi connectivity index (χ0n) is 6.96. The molecule has 1 aliphatic rings. The molecule has 0 spiro atoms. The highest BCUT2D eigenvalue weighted by Gasteiger charge is 2.20. The van der Waals surface area contributed by atoms with Gasteiger partial charge in [0.25, 0.3) is 0 Å². The van der Waals surface area contributed by atoms with E-state index in [4.69, 9.17) is 0 Å². The van der Waals surface area contributed by atoms with Crippen molar-refractivity contribution in [2.24, 2.45) is 0 Å². The van der Waals surface area contributed by atoms with E-state index in [0.29, 0.717) is 11.8 Å². The van der Waals surface area contributed by atoms with Gasteiger partial charge in [0.1, 0.15) is 5.75 Å². The van der Waals surface area contributed by atoms with Crippen LogP contribution in [0.2, 0.25) is 0 Å². The third kappa shape index (κ3) is 2.16. The summed E-state index contributed by atoms with van der Waals surface area (Å²) in [6.45, 7) is 1.08. The van der Waals surface area contributed by atoms with Crippen LogP contribution in [0.4, 0.5) is 0 Å². The van der Waals surface area contributed by atoms with Crippen LogP contribution in [0.3, 0.4) is 0 Å². The van der Waals surface area contributed by atoms with Crippen LogP contribution in [-0.4, -0.2) is 11.7 Å². The van der Waals surface area contributed by atoms with E-state index in [2.05, 4.69) is 21.2 Å². The number of nitrogens with one attached hydrogen (secondary N) is 1. The van der Waals surface area contributed by atoms with Crippen molar-refractivity contribution < 1.29 is 5.11 Å². The Kier molecular flexibility index (Phi) is 3.59. The van der Waals surface area contributed by atoms with Crippen molar-refractivity contribution in [1.29, 1.82) is 0 Å². The highest BCUT2D eigenvalue weighted by atomic mass is 79.9. The molecule has 2 N–H and O–H groups in total. The lowest BCUT2D eigenvalue weighted by molar-refractivity contribution is 0.379. The zero-order valence-corrected chi connectivity index (χ0v) is 9.36. The minimum atomic E-state index is 0. The molecule has 2 nitrogen and oxygen atoms in total. The SMILES string of the molecule is Cl.Oc1ccc(Br)c([C@@H]2CCN2)c1. The van der Waals surface area contributed by atoms with Gasteiger partial charge in [0.05, 0.1) is 0 Å². The van der Waals surface area contributed by atoms with Crippen molar-refractivity contribution in [2.45, 2.75) is 12.5 Å². The molecule has 72 valence electrons. The molecule has 1 saturated heterocycles. The fourth-order valence-corrected chi connectivity index (χ4v) is 1.88. The Hall–Kier alpha value is -0.250. The maximum absolute atomic E-state index is 9.26. The molecule has 1 aromatic rings. The van der Waals surface area contributed by atoms with Crippen LogP contribution in [0.1, 0.15) is 18.0 Å². The predicted octanol–water partition coefficient (Wildman–Crippen LogP) is 2.61. The third-order valence-electron chi connectivity index (χ3n) is 2.18. The first-order chi connectivity index (χ1) is 5.77. The smallest absolute Gasteiger partial charge is 0.115 e. The highest BCUT2D eigenvalue weighted by molar-refractivity contribution is 9.10. The monoisotopic (exact) mass is 263 g/mol. The van der Waals surface area contributed by atoms with Gasteiger partial charge >= 0.3 is 0 Å². The summed E-state index contributed by atoms with van der Waals surface area (Å²) in [5.41, 5.74) is 1.15. The van der Waals surface area contributed by atoms with Crippen LogP contribution in [-0.2, 0) is 0 Å². The topological polar surface area (TPSA) is 32.3 Å². The number of phenolic OH excluding ortho intramolecular Hbond substituents is 1. The molecule has 1 aromatic carbocycles. The zero-order chi connectivity index (χ0) is 8.55. The molecule has 0 bridgehead atoms. The lowest BCUT2D eigenvalue weighted by atomic mass is 9.98. The highest BCUT2D eigenvalue weighted by Crippen LogP contribution is 2.31. The fraction of sp³-hybridized carbons (Fsp3) is 0.333. The second-order valence-corrected chi connectivity index (χ2v) is 3.86. The largest absolute Gasteiger partial charge is 0.508 e. The fourth-order valence-electron chi connectivity index (χ4n) is 1.35. The van der Waals surface area contributed by atoms with Gasteiger partial charge in [-0.05, 0) is 36.7 Å². The summed E-state index contributed by atoms with van der Waals surface area (Å²) in [6.07, 6.45) is 1.15. The van der Waals surface area contributed by atoms with E-state index in [1.165, 1.54) is 0 Å². The lowest BCUT2D eigenvalue weighted by Gasteiger charge is -2.28. The number of benzene rings is 1. The van der Waals surface area contributed by atoms with Crippen molar-refractivity contribution >= 4 is 28.3 Å². The van der Waals surface area contributed by atoms with Crippen molar-refractivity contribution in [3.8, 4) is 5.75 Å². The molecule has 1 atom stereocenters. The van der Waals surface area contributed by atoms with E-state index in [-0.39, 0.29) is 12.4 Å². The summed E-state index contributed by atoms with van der Waals surface area (Å²) >= 11 is 3.45. The average Bonchev–Trinajstić information content (AvgIpc) is 1.93. The Morgan fingerprint density at radius 2 is 2.15 bits per heavy atom. The summed E-state index contributed by atoms with van der Waals surface area (Å²) in [6, 6.07) is 5.80. The minimum absolute atomic E-state index is 0. The van der Waals surface area contributed by atoms with Crippen LogP contribution in [0.5, 0.6) is 5.75 Å². The molecule has 0 radical (unpaired) electrons. The van der Waals surface area contributed by atoms with Gasteiger partial charge in [-0.3, -0.25) is 0 Å². The molecule has 0 aliphatic carbocycles. The van der Waals surface area contributed by atoms with E-state index < -0.39 is 0 Å². The number of aromatic hydroxyl groups is 1. The molecular weight excluding hydrogens is 253 g/mol. The van der Waals surface area contributed by atoms with Gasteiger partial charge in [0.2, 0.25) is 0 Å². The summed E-state index contributed by atoms with van der Waals surface area (Å²) < 4.78 is 1.07. The maximum Gasteiger partial charge on any atom is 0.115 e. The van der Waals surface area contributed by atoms with Crippen molar-refractivity contribution in [3.63, 3.8) is 0 Å². The Morgan fingerprint density at radius 1 is 1.46 bits per heavy atom. The molecule has 1 fully saturated rings. The number of rotatable bonds is 1.